The quantitative estimate of drug-likeness (QED) is 0.232. The van der Waals surface area contributed by atoms with Gasteiger partial charge >= 0.3 is 0 Å². The normalized spacial score (nSPS) is 12.4. The highest BCUT2D eigenvalue weighted by molar-refractivity contribution is 6.30. The lowest BCUT2D eigenvalue weighted by Crippen LogP contribution is -2.13. The molecule has 1 aromatic heterocycles. The number of benzene rings is 2. The summed E-state index contributed by atoms with van der Waals surface area (Å²) in [4.78, 5) is 12.6. The van der Waals surface area contributed by atoms with Gasteiger partial charge < -0.3 is 9.30 Å². The highest BCUT2D eigenvalue weighted by atomic mass is 35.5. The summed E-state index contributed by atoms with van der Waals surface area (Å²) in [5.41, 5.74) is 8.02. The number of aromatic nitrogens is 1. The van der Waals surface area contributed by atoms with Crippen LogP contribution in [-0.2, 0) is 4.79 Å². The minimum absolute atomic E-state index is 0.0533. The zero-order valence-electron chi connectivity index (χ0n) is 26.4. The van der Waals surface area contributed by atoms with Crippen LogP contribution in [0.3, 0.4) is 0 Å². The number of Topliss-reactive ketones (excluding diaryl/α,β-unsaturated/α-hetero) is 1. The number of hydrogen-bond acceptors (Lipinski definition) is 2. The summed E-state index contributed by atoms with van der Waals surface area (Å²) < 4.78 is 8.10. The summed E-state index contributed by atoms with van der Waals surface area (Å²) in [5, 5.41) is 0.705. The number of allylic oxidation sites excluding steroid dienone is 1. The topological polar surface area (TPSA) is 31.2 Å². The Labute approximate surface area is 248 Å². The van der Waals surface area contributed by atoms with Crippen LogP contribution < -0.4 is 4.74 Å². The molecule has 3 aromatic rings. The Morgan fingerprint density at radius 3 is 2.27 bits per heavy atom. The maximum absolute atomic E-state index is 12.6. The Hall–Kier alpha value is -2.78. The van der Waals surface area contributed by atoms with Gasteiger partial charge in [-0.2, -0.15) is 0 Å². The Balaban J connectivity index is 0.00000131. The standard InChI is InChI=1S/C32H40ClNO2.C4H10/c1-8-11-25(18-27(35)9-2)31-17-24(16-21(3)4)20-34(31)30-15-14-26(33)19-29(30)23(6)28-13-10-12-22(5)32(28)36-7;1-4(2)3/h10,12-17,19-20,23,25H,8-9,11,18H2,1-7H3;4H,1-3H3. The van der Waals surface area contributed by atoms with Crippen molar-refractivity contribution in [3.05, 3.63) is 87.2 Å². The number of halogens is 1. The van der Waals surface area contributed by atoms with Crippen molar-refractivity contribution in [2.24, 2.45) is 5.92 Å². The summed E-state index contributed by atoms with van der Waals surface area (Å²) in [6.07, 6.45) is 7.52. The molecule has 2 atom stereocenters. The van der Waals surface area contributed by atoms with Crippen molar-refractivity contribution in [2.45, 2.75) is 99.8 Å². The van der Waals surface area contributed by atoms with E-state index in [4.69, 9.17) is 16.3 Å². The molecule has 0 aliphatic carbocycles. The van der Waals surface area contributed by atoms with Gasteiger partial charge in [0.05, 0.1) is 7.11 Å². The van der Waals surface area contributed by atoms with Gasteiger partial charge in [0.1, 0.15) is 11.5 Å². The molecule has 0 fully saturated rings. The SMILES string of the molecule is CC(C)C.CCCC(CC(=O)CC)c1cc(C=C(C)C)cn1-c1ccc(Cl)cc1C(C)c1cccc(C)c1OC. The third-order valence-electron chi connectivity index (χ3n) is 6.88. The number of hydrogen-bond donors (Lipinski definition) is 0. The molecule has 0 aliphatic rings. The third kappa shape index (κ3) is 9.13. The number of carbonyl (C=O) groups excluding carboxylic acids is 1. The Morgan fingerprint density at radius 1 is 1.02 bits per heavy atom. The predicted molar refractivity (Wildman–Crippen MR) is 173 cm³/mol. The fraction of sp³-hybridized carbons (Fsp3) is 0.472. The van der Waals surface area contributed by atoms with Crippen molar-refractivity contribution >= 4 is 23.5 Å². The highest BCUT2D eigenvalue weighted by Gasteiger charge is 2.24. The van der Waals surface area contributed by atoms with E-state index in [0.29, 0.717) is 23.6 Å². The second kappa shape index (κ2) is 15.9. The molecule has 1 heterocycles. The molecule has 0 bridgehead atoms. The van der Waals surface area contributed by atoms with E-state index < -0.39 is 0 Å². The van der Waals surface area contributed by atoms with Gasteiger partial charge in [-0.05, 0) is 74.1 Å². The molecule has 4 heteroatoms. The summed E-state index contributed by atoms with van der Waals surface area (Å²) in [5.74, 6) is 2.26. The first-order valence-corrected chi connectivity index (χ1v) is 15.1. The van der Waals surface area contributed by atoms with E-state index >= 15 is 0 Å². The largest absolute Gasteiger partial charge is 0.496 e. The predicted octanol–water partition coefficient (Wildman–Crippen LogP) is 10.9. The average molecular weight is 564 g/mol. The van der Waals surface area contributed by atoms with Crippen molar-refractivity contribution in [3.63, 3.8) is 0 Å². The maximum atomic E-state index is 12.6. The van der Waals surface area contributed by atoms with Gasteiger partial charge in [-0.3, -0.25) is 4.79 Å². The zero-order chi connectivity index (χ0) is 30.0. The highest BCUT2D eigenvalue weighted by Crippen LogP contribution is 2.39. The van der Waals surface area contributed by atoms with E-state index in [9.17, 15) is 4.79 Å². The summed E-state index contributed by atoms with van der Waals surface area (Å²) in [6.45, 7) is 19.1. The van der Waals surface area contributed by atoms with E-state index in [1.807, 2.05) is 13.0 Å². The van der Waals surface area contributed by atoms with Crippen LogP contribution in [-0.4, -0.2) is 17.5 Å². The van der Waals surface area contributed by atoms with E-state index in [1.54, 1.807) is 7.11 Å². The number of nitrogens with zero attached hydrogens (tertiary/aromatic N) is 1. The number of aryl methyl sites for hydroxylation is 1. The number of rotatable bonds is 11. The number of ketones is 1. The molecule has 2 aromatic carbocycles. The first-order valence-electron chi connectivity index (χ1n) is 14.7. The Bertz CT molecular complexity index is 1280. The molecule has 0 radical (unpaired) electrons. The van der Waals surface area contributed by atoms with Gasteiger partial charge in [0.25, 0.3) is 0 Å². The van der Waals surface area contributed by atoms with Crippen LogP contribution in [0.5, 0.6) is 5.75 Å². The van der Waals surface area contributed by atoms with E-state index in [2.05, 4.69) is 109 Å². The van der Waals surface area contributed by atoms with Crippen molar-refractivity contribution in [1.82, 2.24) is 4.57 Å². The average Bonchev–Trinajstić information content (AvgIpc) is 3.30. The van der Waals surface area contributed by atoms with Crippen LogP contribution in [0.15, 0.2) is 54.2 Å². The first-order chi connectivity index (χ1) is 18.9. The Morgan fingerprint density at radius 2 is 1.70 bits per heavy atom. The number of para-hydroxylation sites is 1. The number of methoxy groups -OCH3 is 1. The fourth-order valence-corrected chi connectivity index (χ4v) is 5.29. The van der Waals surface area contributed by atoms with E-state index in [-0.39, 0.29) is 11.8 Å². The van der Waals surface area contributed by atoms with Crippen molar-refractivity contribution < 1.29 is 9.53 Å². The summed E-state index contributed by atoms with van der Waals surface area (Å²) in [6, 6.07) is 14.7. The zero-order valence-corrected chi connectivity index (χ0v) is 27.2. The molecule has 3 nitrogen and oxygen atoms in total. The Kier molecular flexibility index (Phi) is 13.3. The molecule has 0 aliphatic heterocycles. The van der Waals surface area contributed by atoms with Crippen LogP contribution in [0.4, 0.5) is 0 Å². The molecular weight excluding hydrogens is 514 g/mol. The van der Waals surface area contributed by atoms with Crippen LogP contribution in [0.2, 0.25) is 5.02 Å². The van der Waals surface area contributed by atoms with Crippen molar-refractivity contribution in [2.75, 3.05) is 7.11 Å². The number of carbonyl (C=O) groups is 1. The van der Waals surface area contributed by atoms with E-state index in [1.165, 1.54) is 11.3 Å². The maximum Gasteiger partial charge on any atom is 0.133 e. The van der Waals surface area contributed by atoms with Crippen LogP contribution in [0, 0.1) is 12.8 Å². The van der Waals surface area contributed by atoms with Gasteiger partial charge in [-0.15, -0.1) is 0 Å². The summed E-state index contributed by atoms with van der Waals surface area (Å²) in [7, 11) is 1.73. The minimum atomic E-state index is 0.0533. The monoisotopic (exact) mass is 563 g/mol. The second-order valence-electron chi connectivity index (χ2n) is 11.7. The lowest BCUT2D eigenvalue weighted by atomic mass is 9.89. The molecule has 3 rings (SSSR count). The summed E-state index contributed by atoms with van der Waals surface area (Å²) >= 11 is 6.56. The van der Waals surface area contributed by atoms with Gasteiger partial charge in [0.15, 0.2) is 0 Å². The molecule has 0 spiro atoms. The third-order valence-corrected chi connectivity index (χ3v) is 7.11. The lowest BCUT2D eigenvalue weighted by Gasteiger charge is -2.24. The first kappa shape index (κ1) is 33.4. The van der Waals surface area contributed by atoms with Gasteiger partial charge in [-0.25, -0.2) is 0 Å². The molecule has 0 amide bonds. The smallest absolute Gasteiger partial charge is 0.133 e. The second-order valence-corrected chi connectivity index (χ2v) is 12.2. The van der Waals surface area contributed by atoms with Crippen LogP contribution in [0.25, 0.3) is 11.8 Å². The van der Waals surface area contributed by atoms with Crippen molar-refractivity contribution in [3.8, 4) is 11.4 Å². The fourth-order valence-electron chi connectivity index (χ4n) is 5.11. The van der Waals surface area contributed by atoms with Gasteiger partial charge in [-0.1, -0.05) is 89.4 Å². The molecule has 2 unspecified atom stereocenters. The number of ether oxygens (including phenoxy) is 1. The molecule has 0 saturated carbocycles. The van der Waals surface area contributed by atoms with Gasteiger partial charge in [0, 0.05) is 52.8 Å². The molecule has 0 N–H and O–H groups in total. The van der Waals surface area contributed by atoms with Crippen LogP contribution >= 0.6 is 11.6 Å². The molecular formula is C36H50ClNO2. The molecule has 0 saturated heterocycles. The van der Waals surface area contributed by atoms with E-state index in [0.717, 1.165) is 52.5 Å². The van der Waals surface area contributed by atoms with Crippen LogP contribution in [0.1, 0.15) is 121 Å². The molecule has 40 heavy (non-hydrogen) atoms. The van der Waals surface area contributed by atoms with Gasteiger partial charge in [0.2, 0.25) is 0 Å². The molecule has 218 valence electrons. The lowest BCUT2D eigenvalue weighted by molar-refractivity contribution is -0.119. The van der Waals surface area contributed by atoms with Crippen molar-refractivity contribution in [1.29, 1.82) is 0 Å². The minimum Gasteiger partial charge on any atom is -0.496 e.